The van der Waals surface area contributed by atoms with E-state index in [2.05, 4.69) is 17.0 Å². The molecule has 0 aliphatic carbocycles. The Morgan fingerprint density at radius 3 is 2.44 bits per heavy atom. The normalized spacial score (nSPS) is 18.6. The Balaban J connectivity index is 1.65. The van der Waals surface area contributed by atoms with Crippen molar-refractivity contribution >= 4 is 10.0 Å². The first-order valence-electron chi connectivity index (χ1n) is 9.23. The highest BCUT2D eigenvalue weighted by molar-refractivity contribution is 7.89. The monoisotopic (exact) mass is 368 g/mol. The third-order valence-electron chi connectivity index (χ3n) is 5.18. The number of sulfonamides is 1. The molecule has 1 saturated heterocycles. The van der Waals surface area contributed by atoms with E-state index in [0.717, 1.165) is 45.3 Å². The summed E-state index contributed by atoms with van der Waals surface area (Å²) >= 11 is 0. The van der Waals surface area contributed by atoms with Crippen molar-refractivity contribution < 1.29 is 13.5 Å². The minimum atomic E-state index is -3.09. The fraction of sp³-hybridized carbons (Fsp3) is 0.684. The molecule has 1 aliphatic heterocycles. The predicted molar refractivity (Wildman–Crippen MR) is 102 cm³/mol. The molecule has 0 radical (unpaired) electrons. The van der Waals surface area contributed by atoms with E-state index in [1.54, 1.807) is 14.1 Å². The average molecular weight is 369 g/mol. The summed E-state index contributed by atoms with van der Waals surface area (Å²) in [5.74, 6) is 0.574. The predicted octanol–water partition coefficient (Wildman–Crippen LogP) is 1.97. The Morgan fingerprint density at radius 2 is 1.84 bits per heavy atom. The lowest BCUT2D eigenvalue weighted by atomic mass is 9.88. The SMILES string of the molecule is CN(C)S(=O)(=O)CCCN1CCC(C(O)CCc2ccccc2)CC1. The van der Waals surface area contributed by atoms with Crippen LogP contribution in [0.1, 0.15) is 31.2 Å². The summed E-state index contributed by atoms with van der Waals surface area (Å²) in [7, 11) is 0.0717. The molecule has 1 fully saturated rings. The third-order valence-corrected chi connectivity index (χ3v) is 7.10. The summed E-state index contributed by atoms with van der Waals surface area (Å²) in [4.78, 5) is 2.32. The molecule has 0 aromatic heterocycles. The molecular weight excluding hydrogens is 336 g/mol. The number of aryl methyl sites for hydroxylation is 1. The van der Waals surface area contributed by atoms with E-state index in [-0.39, 0.29) is 11.9 Å². The van der Waals surface area contributed by atoms with E-state index in [4.69, 9.17) is 0 Å². The number of nitrogens with zero attached hydrogens (tertiary/aromatic N) is 2. The van der Waals surface area contributed by atoms with Gasteiger partial charge in [-0.3, -0.25) is 0 Å². The molecule has 5 nitrogen and oxygen atoms in total. The molecule has 0 spiro atoms. The first-order chi connectivity index (χ1) is 11.9. The zero-order valence-corrected chi connectivity index (χ0v) is 16.3. The van der Waals surface area contributed by atoms with Gasteiger partial charge in [-0.05, 0) is 63.2 Å². The van der Waals surface area contributed by atoms with E-state index in [0.29, 0.717) is 12.3 Å². The highest BCUT2D eigenvalue weighted by Crippen LogP contribution is 2.23. The number of likely N-dealkylation sites (tertiary alicyclic amines) is 1. The molecule has 1 heterocycles. The van der Waals surface area contributed by atoms with E-state index in [1.165, 1.54) is 9.87 Å². The third kappa shape index (κ3) is 6.70. The number of hydrogen-bond donors (Lipinski definition) is 1. The average Bonchev–Trinajstić information content (AvgIpc) is 2.61. The van der Waals surface area contributed by atoms with Gasteiger partial charge >= 0.3 is 0 Å². The summed E-state index contributed by atoms with van der Waals surface area (Å²) in [6.45, 7) is 2.73. The molecule has 0 bridgehead atoms. The molecule has 0 amide bonds. The van der Waals surface area contributed by atoms with Gasteiger partial charge in [0.2, 0.25) is 10.0 Å². The van der Waals surface area contributed by atoms with Crippen LogP contribution in [-0.2, 0) is 16.4 Å². The van der Waals surface area contributed by atoms with Crippen LogP contribution in [-0.4, -0.2) is 68.3 Å². The molecule has 6 heteroatoms. The summed E-state index contributed by atoms with van der Waals surface area (Å²) in [6.07, 6.45) is 4.16. The van der Waals surface area contributed by atoms with Crippen LogP contribution in [0, 0.1) is 5.92 Å². The highest BCUT2D eigenvalue weighted by atomic mass is 32.2. The largest absolute Gasteiger partial charge is 0.393 e. The molecule has 1 N–H and O–H groups in total. The number of aliphatic hydroxyl groups excluding tert-OH is 1. The Morgan fingerprint density at radius 1 is 1.20 bits per heavy atom. The molecule has 1 aliphatic rings. The molecule has 1 aromatic carbocycles. The number of benzene rings is 1. The maximum Gasteiger partial charge on any atom is 0.213 e. The van der Waals surface area contributed by atoms with E-state index < -0.39 is 10.0 Å². The number of rotatable bonds is 9. The maximum absolute atomic E-state index is 11.8. The van der Waals surface area contributed by atoms with E-state index in [1.807, 2.05) is 18.2 Å². The lowest BCUT2D eigenvalue weighted by Gasteiger charge is -2.34. The van der Waals surface area contributed by atoms with Gasteiger partial charge in [-0.15, -0.1) is 0 Å². The van der Waals surface area contributed by atoms with Gasteiger partial charge in [-0.2, -0.15) is 0 Å². The Hall–Kier alpha value is -0.950. The van der Waals surface area contributed by atoms with Crippen molar-refractivity contribution in [2.75, 3.05) is 39.5 Å². The van der Waals surface area contributed by atoms with E-state index >= 15 is 0 Å². The van der Waals surface area contributed by atoms with Gasteiger partial charge in [0, 0.05) is 14.1 Å². The fourth-order valence-electron chi connectivity index (χ4n) is 3.41. The van der Waals surface area contributed by atoms with Crippen LogP contribution in [0.25, 0.3) is 0 Å². The summed E-state index contributed by atoms with van der Waals surface area (Å²) in [6, 6.07) is 10.3. The van der Waals surface area contributed by atoms with Crippen LogP contribution >= 0.6 is 0 Å². The van der Waals surface area contributed by atoms with Crippen LogP contribution in [0.3, 0.4) is 0 Å². The first-order valence-corrected chi connectivity index (χ1v) is 10.8. The van der Waals surface area contributed by atoms with Crippen molar-refractivity contribution in [3.05, 3.63) is 35.9 Å². The molecule has 2 rings (SSSR count). The zero-order chi connectivity index (χ0) is 18.3. The topological polar surface area (TPSA) is 60.9 Å². The van der Waals surface area contributed by atoms with Gasteiger partial charge < -0.3 is 10.0 Å². The van der Waals surface area contributed by atoms with Gasteiger partial charge in [0.25, 0.3) is 0 Å². The quantitative estimate of drug-likeness (QED) is 0.724. The van der Waals surface area contributed by atoms with Crippen LogP contribution in [0.5, 0.6) is 0 Å². The van der Waals surface area contributed by atoms with Crippen molar-refractivity contribution in [3.8, 4) is 0 Å². The molecule has 1 unspecified atom stereocenters. The second kappa shape index (κ2) is 9.67. The van der Waals surface area contributed by atoms with Gasteiger partial charge in [-0.1, -0.05) is 30.3 Å². The number of aliphatic hydroxyl groups is 1. The lowest BCUT2D eigenvalue weighted by Crippen LogP contribution is -2.39. The molecule has 25 heavy (non-hydrogen) atoms. The summed E-state index contributed by atoms with van der Waals surface area (Å²) in [5.41, 5.74) is 1.28. The van der Waals surface area contributed by atoms with Crippen LogP contribution < -0.4 is 0 Å². The Bertz CT molecular complexity index is 596. The zero-order valence-electron chi connectivity index (χ0n) is 15.5. The van der Waals surface area contributed by atoms with Crippen LogP contribution in [0.4, 0.5) is 0 Å². The van der Waals surface area contributed by atoms with Crippen molar-refractivity contribution in [3.63, 3.8) is 0 Å². The van der Waals surface area contributed by atoms with Crippen molar-refractivity contribution in [1.29, 1.82) is 0 Å². The van der Waals surface area contributed by atoms with Gasteiger partial charge in [-0.25, -0.2) is 12.7 Å². The smallest absolute Gasteiger partial charge is 0.213 e. The number of piperidine rings is 1. The standard InChI is InChI=1S/C19H32N2O3S/c1-20(2)25(23,24)16-6-13-21-14-11-18(12-15-21)19(22)10-9-17-7-4-3-5-8-17/h3-5,7-8,18-19,22H,6,9-16H2,1-2H3. The Labute approximate surface area is 152 Å². The van der Waals surface area contributed by atoms with Crippen molar-refractivity contribution in [2.45, 2.75) is 38.2 Å². The van der Waals surface area contributed by atoms with Crippen LogP contribution in [0.15, 0.2) is 30.3 Å². The summed E-state index contributed by atoms with van der Waals surface area (Å²) < 4.78 is 24.8. The Kier molecular flexibility index (Phi) is 7.87. The second-order valence-electron chi connectivity index (χ2n) is 7.22. The summed E-state index contributed by atoms with van der Waals surface area (Å²) in [5, 5.41) is 10.5. The van der Waals surface area contributed by atoms with Gasteiger partial charge in [0.05, 0.1) is 11.9 Å². The van der Waals surface area contributed by atoms with Gasteiger partial charge in [0.1, 0.15) is 0 Å². The molecule has 0 saturated carbocycles. The van der Waals surface area contributed by atoms with Crippen LogP contribution in [0.2, 0.25) is 0 Å². The van der Waals surface area contributed by atoms with Crippen molar-refractivity contribution in [1.82, 2.24) is 9.21 Å². The minimum Gasteiger partial charge on any atom is -0.393 e. The van der Waals surface area contributed by atoms with Crippen molar-refractivity contribution in [2.24, 2.45) is 5.92 Å². The second-order valence-corrected chi connectivity index (χ2v) is 9.53. The lowest BCUT2D eigenvalue weighted by molar-refractivity contribution is 0.0540. The fourth-order valence-corrected chi connectivity index (χ4v) is 4.27. The van der Waals surface area contributed by atoms with E-state index in [9.17, 15) is 13.5 Å². The molecule has 1 atom stereocenters. The molecule has 1 aromatic rings. The maximum atomic E-state index is 11.8. The number of hydrogen-bond acceptors (Lipinski definition) is 4. The molecule has 142 valence electrons. The van der Waals surface area contributed by atoms with Gasteiger partial charge in [0.15, 0.2) is 0 Å². The minimum absolute atomic E-state index is 0.208. The first kappa shape index (κ1) is 20.4. The highest BCUT2D eigenvalue weighted by Gasteiger charge is 2.25. The molecular formula is C19H32N2O3S.